The van der Waals surface area contributed by atoms with E-state index in [2.05, 4.69) is 16.7 Å². The van der Waals surface area contributed by atoms with E-state index in [1.165, 1.54) is 6.42 Å². The normalized spacial score (nSPS) is 26.5. The van der Waals surface area contributed by atoms with Gasteiger partial charge in [0.05, 0.1) is 0 Å². The standard InChI is InChI=1S/C25H33F2N3O3/c1-15(6-10-22(26)27)28-20-5-3-2-4-17(20)12-16-7-8-19-18(13-16)14-30(25(19)33)21-9-11-23(31)29-24(21)32/h7-8,13,15,17,20-22,28H,2-6,9-12,14H2,1H3,(H,29,31,32)/t15?,17-,20+,21?/m1/s1. The van der Waals surface area contributed by atoms with Crippen LogP contribution in [0.4, 0.5) is 8.78 Å². The molecule has 0 aromatic heterocycles. The van der Waals surface area contributed by atoms with Gasteiger partial charge in [0.2, 0.25) is 18.2 Å². The maximum atomic E-state index is 12.9. The van der Waals surface area contributed by atoms with Gasteiger partial charge in [-0.25, -0.2) is 8.78 Å². The molecule has 1 aromatic rings. The summed E-state index contributed by atoms with van der Waals surface area (Å²) in [4.78, 5) is 38.2. The summed E-state index contributed by atoms with van der Waals surface area (Å²) in [5.74, 6) is -0.420. The van der Waals surface area contributed by atoms with Gasteiger partial charge >= 0.3 is 0 Å². The van der Waals surface area contributed by atoms with Gasteiger partial charge in [-0.05, 0) is 62.1 Å². The zero-order valence-electron chi connectivity index (χ0n) is 19.1. The number of carbonyl (C=O) groups excluding carboxylic acids is 3. The first-order chi connectivity index (χ1) is 15.8. The van der Waals surface area contributed by atoms with Crippen molar-refractivity contribution in [3.05, 3.63) is 34.9 Å². The molecule has 8 heteroatoms. The minimum absolute atomic E-state index is 0.0596. The third-order valence-corrected chi connectivity index (χ3v) is 7.31. The van der Waals surface area contributed by atoms with Gasteiger partial charge in [0.25, 0.3) is 5.91 Å². The Kier molecular flexibility index (Phi) is 7.41. The second kappa shape index (κ2) is 10.3. The summed E-state index contributed by atoms with van der Waals surface area (Å²) in [7, 11) is 0. The third-order valence-electron chi connectivity index (χ3n) is 7.31. The summed E-state index contributed by atoms with van der Waals surface area (Å²) in [6.07, 6.45) is 4.07. The van der Waals surface area contributed by atoms with Gasteiger partial charge in [-0.3, -0.25) is 19.7 Å². The highest BCUT2D eigenvalue weighted by atomic mass is 19.3. The van der Waals surface area contributed by atoms with Crippen molar-refractivity contribution >= 4 is 17.7 Å². The molecule has 33 heavy (non-hydrogen) atoms. The van der Waals surface area contributed by atoms with Crippen molar-refractivity contribution in [3.63, 3.8) is 0 Å². The molecule has 180 valence electrons. The molecule has 2 fully saturated rings. The predicted octanol–water partition coefficient (Wildman–Crippen LogP) is 3.57. The molecule has 2 N–H and O–H groups in total. The van der Waals surface area contributed by atoms with Crippen molar-refractivity contribution in [1.29, 1.82) is 0 Å². The Bertz CT molecular complexity index is 907. The highest BCUT2D eigenvalue weighted by Crippen LogP contribution is 2.32. The number of piperidine rings is 1. The molecule has 4 rings (SSSR count). The van der Waals surface area contributed by atoms with Gasteiger partial charge in [-0.2, -0.15) is 0 Å². The van der Waals surface area contributed by atoms with Crippen LogP contribution in [0.15, 0.2) is 18.2 Å². The number of imide groups is 1. The average molecular weight is 462 g/mol. The number of rotatable bonds is 8. The lowest BCUT2D eigenvalue weighted by molar-refractivity contribution is -0.136. The molecule has 3 amide bonds. The number of hydrogen-bond donors (Lipinski definition) is 2. The van der Waals surface area contributed by atoms with Crippen LogP contribution in [0, 0.1) is 5.92 Å². The maximum absolute atomic E-state index is 12.9. The van der Waals surface area contributed by atoms with Gasteiger partial charge in [-0.15, -0.1) is 0 Å². The smallest absolute Gasteiger partial charge is 0.255 e. The first-order valence-corrected chi connectivity index (χ1v) is 12.1. The topological polar surface area (TPSA) is 78.5 Å². The maximum Gasteiger partial charge on any atom is 0.255 e. The minimum Gasteiger partial charge on any atom is -0.322 e. The number of nitrogens with one attached hydrogen (secondary N) is 2. The Balaban J connectivity index is 1.40. The van der Waals surface area contributed by atoms with Crippen molar-refractivity contribution < 1.29 is 23.2 Å². The van der Waals surface area contributed by atoms with Gasteiger partial charge in [0.15, 0.2) is 0 Å². The number of hydrogen-bond acceptors (Lipinski definition) is 4. The Labute approximate surface area is 193 Å². The van der Waals surface area contributed by atoms with Crippen molar-refractivity contribution in [2.24, 2.45) is 5.92 Å². The third kappa shape index (κ3) is 5.60. The van der Waals surface area contributed by atoms with Gasteiger partial charge in [0, 0.05) is 37.0 Å². The van der Waals surface area contributed by atoms with Crippen LogP contribution in [-0.4, -0.2) is 47.2 Å². The van der Waals surface area contributed by atoms with Crippen molar-refractivity contribution in [3.8, 4) is 0 Å². The van der Waals surface area contributed by atoms with E-state index in [1.807, 2.05) is 19.1 Å². The lowest BCUT2D eigenvalue weighted by Gasteiger charge is -2.35. The molecule has 0 bridgehead atoms. The molecular weight excluding hydrogens is 428 g/mol. The molecule has 1 aliphatic carbocycles. The number of benzene rings is 1. The first kappa shape index (κ1) is 23.8. The van der Waals surface area contributed by atoms with E-state index in [0.717, 1.165) is 36.8 Å². The molecule has 2 unspecified atom stereocenters. The Hall–Kier alpha value is -2.35. The summed E-state index contributed by atoms with van der Waals surface area (Å²) in [5.41, 5.74) is 2.71. The number of nitrogens with zero attached hydrogens (tertiary/aromatic N) is 1. The van der Waals surface area contributed by atoms with Crippen LogP contribution in [0.25, 0.3) is 0 Å². The predicted molar refractivity (Wildman–Crippen MR) is 120 cm³/mol. The molecule has 1 saturated heterocycles. The zero-order valence-corrected chi connectivity index (χ0v) is 19.1. The first-order valence-electron chi connectivity index (χ1n) is 12.1. The Morgan fingerprint density at radius 3 is 2.67 bits per heavy atom. The molecule has 1 saturated carbocycles. The van der Waals surface area contributed by atoms with E-state index in [4.69, 9.17) is 0 Å². The summed E-state index contributed by atoms with van der Waals surface area (Å²) >= 11 is 0. The lowest BCUT2D eigenvalue weighted by Crippen LogP contribution is -2.52. The molecule has 0 radical (unpaired) electrons. The molecule has 4 atom stereocenters. The molecule has 2 aliphatic heterocycles. The molecular formula is C25H33F2N3O3. The Morgan fingerprint density at radius 1 is 1.12 bits per heavy atom. The van der Waals surface area contributed by atoms with E-state index in [0.29, 0.717) is 36.9 Å². The monoisotopic (exact) mass is 461 g/mol. The average Bonchev–Trinajstić information content (AvgIpc) is 3.09. The molecule has 1 aromatic carbocycles. The van der Waals surface area contributed by atoms with E-state index in [1.54, 1.807) is 4.90 Å². The molecule has 6 nitrogen and oxygen atoms in total. The molecule has 0 spiro atoms. The van der Waals surface area contributed by atoms with Crippen LogP contribution in [-0.2, 0) is 22.6 Å². The fraction of sp³-hybridized carbons (Fsp3) is 0.640. The van der Waals surface area contributed by atoms with Gasteiger partial charge in [-0.1, -0.05) is 25.0 Å². The van der Waals surface area contributed by atoms with Crippen LogP contribution in [0.2, 0.25) is 0 Å². The van der Waals surface area contributed by atoms with E-state index in [9.17, 15) is 23.2 Å². The number of amides is 3. The second-order valence-electron chi connectivity index (χ2n) is 9.78. The molecule has 2 heterocycles. The van der Waals surface area contributed by atoms with E-state index >= 15 is 0 Å². The van der Waals surface area contributed by atoms with Crippen molar-refractivity contribution in [1.82, 2.24) is 15.5 Å². The molecule has 3 aliphatic rings. The largest absolute Gasteiger partial charge is 0.322 e. The summed E-state index contributed by atoms with van der Waals surface area (Å²) in [6.45, 7) is 2.36. The fourth-order valence-corrected chi connectivity index (χ4v) is 5.55. The Morgan fingerprint density at radius 2 is 1.91 bits per heavy atom. The van der Waals surface area contributed by atoms with Crippen LogP contribution in [0.5, 0.6) is 0 Å². The number of fused-ring (bicyclic) bond motifs is 1. The number of alkyl halides is 2. The highest BCUT2D eigenvalue weighted by molar-refractivity contribution is 6.05. The second-order valence-corrected chi connectivity index (χ2v) is 9.78. The number of carbonyl (C=O) groups is 3. The van der Waals surface area contributed by atoms with E-state index in [-0.39, 0.29) is 30.7 Å². The quantitative estimate of drug-likeness (QED) is 0.580. The van der Waals surface area contributed by atoms with Crippen LogP contribution < -0.4 is 10.6 Å². The van der Waals surface area contributed by atoms with Crippen molar-refractivity contribution in [2.45, 2.75) is 95.8 Å². The highest BCUT2D eigenvalue weighted by Gasteiger charge is 2.39. The zero-order chi connectivity index (χ0) is 23.5. The van der Waals surface area contributed by atoms with Gasteiger partial charge < -0.3 is 10.2 Å². The SMILES string of the molecule is CC(CCC(F)F)N[C@H]1CCCC[C@@H]1Cc1ccc2c(c1)CN(C1CCC(=O)NC1=O)C2=O. The summed E-state index contributed by atoms with van der Waals surface area (Å²) < 4.78 is 25.1. The minimum atomic E-state index is -2.26. The van der Waals surface area contributed by atoms with Crippen LogP contribution in [0.3, 0.4) is 0 Å². The van der Waals surface area contributed by atoms with Crippen LogP contribution in [0.1, 0.15) is 79.8 Å². The fourth-order valence-electron chi connectivity index (χ4n) is 5.55. The van der Waals surface area contributed by atoms with Crippen LogP contribution >= 0.6 is 0 Å². The summed E-state index contributed by atoms with van der Waals surface area (Å²) in [5, 5.41) is 5.93. The van der Waals surface area contributed by atoms with Crippen molar-refractivity contribution in [2.75, 3.05) is 0 Å². The summed E-state index contributed by atoms with van der Waals surface area (Å²) in [6, 6.07) is 5.69. The van der Waals surface area contributed by atoms with Gasteiger partial charge in [0.1, 0.15) is 6.04 Å². The number of halogens is 2. The lowest BCUT2D eigenvalue weighted by atomic mass is 9.80. The van der Waals surface area contributed by atoms with E-state index < -0.39 is 18.4 Å².